The number of rotatable bonds is 4. The Kier molecular flexibility index (Phi) is 3.27. The number of anilines is 1. The van der Waals surface area contributed by atoms with Crippen molar-refractivity contribution in [3.8, 4) is 0 Å². The van der Waals surface area contributed by atoms with Crippen molar-refractivity contribution in [2.75, 3.05) is 11.9 Å². The van der Waals surface area contributed by atoms with Crippen LogP contribution >= 0.6 is 0 Å². The van der Waals surface area contributed by atoms with E-state index in [0.717, 1.165) is 18.1 Å². The van der Waals surface area contributed by atoms with E-state index in [4.69, 9.17) is 10.2 Å². The quantitative estimate of drug-likeness (QED) is 0.853. The summed E-state index contributed by atoms with van der Waals surface area (Å²) in [5.41, 5.74) is 6.67. The zero-order chi connectivity index (χ0) is 11.4. The second-order valence-electron chi connectivity index (χ2n) is 3.76. The molecule has 2 N–H and O–H groups in total. The van der Waals surface area contributed by atoms with Gasteiger partial charge in [-0.2, -0.15) is 0 Å². The standard InChI is InChI=1S/C13H16N2O/c1-15(11-5-3-2-4-6-11)10-13-8-7-12(9-14)16-13/h2-8H,9-10,14H2,1H3. The van der Waals surface area contributed by atoms with Crippen LogP contribution in [0, 0.1) is 0 Å². The van der Waals surface area contributed by atoms with Gasteiger partial charge in [0.15, 0.2) is 0 Å². The van der Waals surface area contributed by atoms with E-state index >= 15 is 0 Å². The third kappa shape index (κ3) is 2.44. The van der Waals surface area contributed by atoms with Crippen molar-refractivity contribution in [2.45, 2.75) is 13.1 Å². The van der Waals surface area contributed by atoms with Crippen molar-refractivity contribution < 1.29 is 4.42 Å². The van der Waals surface area contributed by atoms with E-state index in [0.29, 0.717) is 6.54 Å². The molecule has 0 fully saturated rings. The minimum Gasteiger partial charge on any atom is -0.463 e. The molecule has 0 aliphatic carbocycles. The summed E-state index contributed by atoms with van der Waals surface area (Å²) in [6, 6.07) is 14.1. The fourth-order valence-electron chi connectivity index (χ4n) is 1.62. The maximum Gasteiger partial charge on any atom is 0.123 e. The van der Waals surface area contributed by atoms with Crippen LogP contribution in [-0.4, -0.2) is 7.05 Å². The van der Waals surface area contributed by atoms with Gasteiger partial charge in [0.2, 0.25) is 0 Å². The Morgan fingerprint density at radius 3 is 2.38 bits per heavy atom. The molecule has 2 aromatic rings. The van der Waals surface area contributed by atoms with Gasteiger partial charge >= 0.3 is 0 Å². The highest BCUT2D eigenvalue weighted by atomic mass is 16.3. The molecule has 0 radical (unpaired) electrons. The number of hydrogen-bond acceptors (Lipinski definition) is 3. The summed E-state index contributed by atoms with van der Waals surface area (Å²) in [5.74, 6) is 1.77. The van der Waals surface area contributed by atoms with Crippen molar-refractivity contribution in [3.63, 3.8) is 0 Å². The Bertz CT molecular complexity index is 436. The van der Waals surface area contributed by atoms with Crippen molar-refractivity contribution in [2.24, 2.45) is 5.73 Å². The zero-order valence-electron chi connectivity index (χ0n) is 9.39. The van der Waals surface area contributed by atoms with E-state index in [-0.39, 0.29) is 0 Å². The van der Waals surface area contributed by atoms with Crippen LogP contribution in [-0.2, 0) is 13.1 Å². The van der Waals surface area contributed by atoms with Crippen LogP contribution < -0.4 is 10.6 Å². The molecule has 0 saturated carbocycles. The van der Waals surface area contributed by atoms with Gasteiger partial charge in [-0.3, -0.25) is 0 Å². The van der Waals surface area contributed by atoms with Crippen molar-refractivity contribution in [1.29, 1.82) is 0 Å². The highest BCUT2D eigenvalue weighted by Gasteiger charge is 2.05. The molecule has 1 aromatic heterocycles. The van der Waals surface area contributed by atoms with E-state index in [1.54, 1.807) is 0 Å². The molecule has 1 heterocycles. The maximum absolute atomic E-state index is 5.56. The minimum atomic E-state index is 0.453. The van der Waals surface area contributed by atoms with Crippen LogP contribution in [0.15, 0.2) is 46.9 Å². The first-order valence-electron chi connectivity index (χ1n) is 5.33. The summed E-state index contributed by atoms with van der Waals surface area (Å²) >= 11 is 0. The van der Waals surface area contributed by atoms with Gasteiger partial charge in [0.05, 0.1) is 13.1 Å². The molecule has 1 aromatic carbocycles. The van der Waals surface area contributed by atoms with Crippen molar-refractivity contribution in [3.05, 3.63) is 54.0 Å². The fourth-order valence-corrected chi connectivity index (χ4v) is 1.62. The monoisotopic (exact) mass is 216 g/mol. The molecule has 0 saturated heterocycles. The van der Waals surface area contributed by atoms with E-state index in [9.17, 15) is 0 Å². The lowest BCUT2D eigenvalue weighted by Crippen LogP contribution is -2.15. The molecule has 0 aliphatic heterocycles. The first-order chi connectivity index (χ1) is 7.79. The Balaban J connectivity index is 2.05. The normalized spacial score (nSPS) is 10.4. The molecule has 16 heavy (non-hydrogen) atoms. The fraction of sp³-hybridized carbons (Fsp3) is 0.231. The minimum absolute atomic E-state index is 0.453. The van der Waals surface area contributed by atoms with Crippen LogP contribution in [0.3, 0.4) is 0 Å². The summed E-state index contributed by atoms with van der Waals surface area (Å²) in [7, 11) is 2.04. The summed E-state index contributed by atoms with van der Waals surface area (Å²) < 4.78 is 5.56. The molecule has 2 rings (SSSR count). The number of furan rings is 1. The van der Waals surface area contributed by atoms with Gasteiger partial charge in [0.25, 0.3) is 0 Å². The number of benzene rings is 1. The van der Waals surface area contributed by atoms with Crippen LogP contribution in [0.4, 0.5) is 5.69 Å². The van der Waals surface area contributed by atoms with E-state index < -0.39 is 0 Å². The van der Waals surface area contributed by atoms with E-state index in [1.807, 2.05) is 37.4 Å². The zero-order valence-corrected chi connectivity index (χ0v) is 9.39. The van der Waals surface area contributed by atoms with Crippen LogP contribution in [0.2, 0.25) is 0 Å². The number of hydrogen-bond donors (Lipinski definition) is 1. The third-order valence-corrected chi connectivity index (χ3v) is 2.51. The molecule has 0 atom stereocenters. The lowest BCUT2D eigenvalue weighted by Gasteiger charge is -2.17. The molecule has 0 amide bonds. The van der Waals surface area contributed by atoms with Gasteiger partial charge in [0.1, 0.15) is 11.5 Å². The molecule has 0 unspecified atom stereocenters. The molecular weight excluding hydrogens is 200 g/mol. The van der Waals surface area contributed by atoms with Gasteiger partial charge in [0, 0.05) is 12.7 Å². The molecule has 0 spiro atoms. The number of nitrogens with zero attached hydrogens (tertiary/aromatic N) is 1. The number of para-hydroxylation sites is 1. The van der Waals surface area contributed by atoms with Crippen LogP contribution in [0.1, 0.15) is 11.5 Å². The smallest absolute Gasteiger partial charge is 0.123 e. The molecule has 0 aliphatic rings. The average Bonchev–Trinajstić information content (AvgIpc) is 2.78. The highest BCUT2D eigenvalue weighted by molar-refractivity contribution is 5.45. The Hall–Kier alpha value is -1.74. The van der Waals surface area contributed by atoms with E-state index in [2.05, 4.69) is 17.0 Å². The first kappa shape index (κ1) is 10.8. The van der Waals surface area contributed by atoms with Crippen LogP contribution in [0.25, 0.3) is 0 Å². The Labute approximate surface area is 95.5 Å². The second kappa shape index (κ2) is 4.86. The Morgan fingerprint density at radius 2 is 1.75 bits per heavy atom. The summed E-state index contributed by atoms with van der Waals surface area (Å²) in [6.07, 6.45) is 0. The van der Waals surface area contributed by atoms with Crippen LogP contribution in [0.5, 0.6) is 0 Å². The predicted molar refractivity (Wildman–Crippen MR) is 65.1 cm³/mol. The van der Waals surface area contributed by atoms with Gasteiger partial charge in [-0.05, 0) is 24.3 Å². The predicted octanol–water partition coefficient (Wildman–Crippen LogP) is 2.37. The average molecular weight is 216 g/mol. The third-order valence-electron chi connectivity index (χ3n) is 2.51. The van der Waals surface area contributed by atoms with Gasteiger partial charge in [-0.15, -0.1) is 0 Å². The SMILES string of the molecule is CN(Cc1ccc(CN)o1)c1ccccc1. The van der Waals surface area contributed by atoms with E-state index in [1.165, 1.54) is 5.69 Å². The number of nitrogens with two attached hydrogens (primary N) is 1. The highest BCUT2D eigenvalue weighted by Crippen LogP contribution is 2.16. The molecule has 3 heteroatoms. The summed E-state index contributed by atoms with van der Waals surface area (Å²) in [5, 5.41) is 0. The summed E-state index contributed by atoms with van der Waals surface area (Å²) in [4.78, 5) is 2.14. The molecule has 0 bridgehead atoms. The topological polar surface area (TPSA) is 42.4 Å². The molecular formula is C13H16N2O. The lowest BCUT2D eigenvalue weighted by atomic mass is 10.3. The molecule has 84 valence electrons. The summed E-state index contributed by atoms with van der Waals surface area (Å²) in [6.45, 7) is 1.21. The lowest BCUT2D eigenvalue weighted by molar-refractivity contribution is 0.465. The van der Waals surface area contributed by atoms with Gasteiger partial charge in [-0.1, -0.05) is 18.2 Å². The first-order valence-corrected chi connectivity index (χ1v) is 5.33. The van der Waals surface area contributed by atoms with Gasteiger partial charge < -0.3 is 15.1 Å². The Morgan fingerprint density at radius 1 is 1.06 bits per heavy atom. The molecule has 3 nitrogen and oxygen atoms in total. The van der Waals surface area contributed by atoms with Gasteiger partial charge in [-0.25, -0.2) is 0 Å². The second-order valence-corrected chi connectivity index (χ2v) is 3.76. The largest absolute Gasteiger partial charge is 0.463 e. The van der Waals surface area contributed by atoms with Crippen molar-refractivity contribution >= 4 is 5.69 Å². The van der Waals surface area contributed by atoms with Crippen molar-refractivity contribution in [1.82, 2.24) is 0 Å². The maximum atomic E-state index is 5.56.